The minimum atomic E-state index is -1.04. The molecule has 126 valence electrons. The summed E-state index contributed by atoms with van der Waals surface area (Å²) in [6, 6.07) is 12.0. The molecule has 1 fully saturated rings. The van der Waals surface area contributed by atoms with Crippen molar-refractivity contribution in [2.75, 3.05) is 4.90 Å². The fourth-order valence-corrected chi connectivity index (χ4v) is 3.88. The summed E-state index contributed by atoms with van der Waals surface area (Å²) in [4.78, 5) is 25.9. The van der Waals surface area contributed by atoms with Gasteiger partial charge < -0.3 is 5.11 Å². The van der Waals surface area contributed by atoms with E-state index in [2.05, 4.69) is 0 Å². The molecule has 1 aliphatic rings. The highest BCUT2D eigenvalue weighted by Crippen LogP contribution is 2.37. The van der Waals surface area contributed by atoms with Gasteiger partial charge in [0.05, 0.1) is 16.2 Å². The van der Waals surface area contributed by atoms with Crippen molar-refractivity contribution in [1.29, 1.82) is 0 Å². The van der Waals surface area contributed by atoms with Crippen molar-refractivity contribution >= 4 is 63.5 Å². The molecular formula is C18H12ClNO3S2. The van der Waals surface area contributed by atoms with Crippen molar-refractivity contribution < 1.29 is 14.7 Å². The molecule has 25 heavy (non-hydrogen) atoms. The summed E-state index contributed by atoms with van der Waals surface area (Å²) >= 11 is 12.6. The Hall–Kier alpha value is -2.15. The van der Waals surface area contributed by atoms with Crippen LogP contribution in [0.5, 0.6) is 0 Å². The van der Waals surface area contributed by atoms with E-state index < -0.39 is 5.97 Å². The van der Waals surface area contributed by atoms with Gasteiger partial charge in [0.1, 0.15) is 0 Å². The van der Waals surface area contributed by atoms with Gasteiger partial charge in [0, 0.05) is 5.02 Å². The molecule has 1 N–H and O–H groups in total. The number of rotatable bonds is 3. The molecule has 1 saturated heterocycles. The second-order valence-corrected chi connectivity index (χ2v) is 7.43. The number of aryl methyl sites for hydroxylation is 1. The highest BCUT2D eigenvalue weighted by molar-refractivity contribution is 8.27. The first-order valence-electron chi connectivity index (χ1n) is 7.25. The van der Waals surface area contributed by atoms with Crippen LogP contribution in [0.15, 0.2) is 47.4 Å². The van der Waals surface area contributed by atoms with E-state index in [4.69, 9.17) is 23.8 Å². The highest BCUT2D eigenvalue weighted by Gasteiger charge is 2.33. The zero-order valence-corrected chi connectivity index (χ0v) is 15.4. The van der Waals surface area contributed by atoms with E-state index in [1.165, 1.54) is 11.0 Å². The van der Waals surface area contributed by atoms with Gasteiger partial charge in [-0.1, -0.05) is 59.8 Å². The lowest BCUT2D eigenvalue weighted by atomic mass is 10.1. The van der Waals surface area contributed by atoms with E-state index in [1.54, 1.807) is 31.2 Å². The largest absolute Gasteiger partial charge is 0.478 e. The Morgan fingerprint density at radius 2 is 2.00 bits per heavy atom. The molecule has 0 bridgehead atoms. The molecule has 1 aliphatic heterocycles. The Morgan fingerprint density at radius 1 is 1.28 bits per heavy atom. The number of hydrogen-bond acceptors (Lipinski definition) is 4. The molecule has 0 atom stereocenters. The minimum absolute atomic E-state index is 0.140. The van der Waals surface area contributed by atoms with Crippen molar-refractivity contribution in [2.24, 2.45) is 0 Å². The van der Waals surface area contributed by atoms with Crippen LogP contribution in [0.3, 0.4) is 0 Å². The lowest BCUT2D eigenvalue weighted by molar-refractivity contribution is -0.113. The third kappa shape index (κ3) is 3.46. The number of thiocarbonyl (C=S) groups is 1. The molecule has 3 rings (SSSR count). The average Bonchev–Trinajstić information content (AvgIpc) is 2.84. The maximum atomic E-state index is 12.8. The first-order chi connectivity index (χ1) is 11.9. The standard InChI is InChI=1S/C18H12ClNO3S2/c1-10-6-7-12(9-13(10)17(22)23)20-16(21)15(25-18(20)24)8-11-4-2-3-5-14(11)19/h2-9H,1H3,(H,22,23)/b15-8-. The van der Waals surface area contributed by atoms with Crippen molar-refractivity contribution in [3.63, 3.8) is 0 Å². The summed E-state index contributed by atoms with van der Waals surface area (Å²) in [7, 11) is 0. The quantitative estimate of drug-likeness (QED) is 0.606. The number of hydrogen-bond donors (Lipinski definition) is 1. The number of carbonyl (C=O) groups is 2. The van der Waals surface area contributed by atoms with Gasteiger partial charge in [0.15, 0.2) is 4.32 Å². The van der Waals surface area contributed by atoms with Gasteiger partial charge in [-0.15, -0.1) is 0 Å². The molecule has 1 amide bonds. The number of aromatic carboxylic acids is 1. The maximum absolute atomic E-state index is 12.8. The zero-order chi connectivity index (χ0) is 18.1. The maximum Gasteiger partial charge on any atom is 0.336 e. The summed E-state index contributed by atoms with van der Waals surface area (Å²) < 4.78 is 0.350. The third-order valence-electron chi connectivity index (χ3n) is 3.70. The molecule has 4 nitrogen and oxygen atoms in total. The van der Waals surface area contributed by atoms with Crippen molar-refractivity contribution in [3.05, 3.63) is 69.1 Å². The van der Waals surface area contributed by atoms with Gasteiger partial charge in [-0.3, -0.25) is 9.69 Å². The fourth-order valence-electron chi connectivity index (χ4n) is 2.40. The SMILES string of the molecule is Cc1ccc(N2C(=O)/C(=C/c3ccccc3Cl)SC2=S)cc1C(=O)O. The Balaban J connectivity index is 1.99. The summed E-state index contributed by atoms with van der Waals surface area (Å²) in [5.41, 5.74) is 1.92. The Labute approximate surface area is 159 Å². The van der Waals surface area contributed by atoms with Crippen molar-refractivity contribution in [1.82, 2.24) is 0 Å². The van der Waals surface area contributed by atoms with Crippen LogP contribution in [0.1, 0.15) is 21.5 Å². The van der Waals surface area contributed by atoms with Crippen LogP contribution in [-0.4, -0.2) is 21.3 Å². The number of carboxylic acid groups (broad SMARTS) is 1. The van der Waals surface area contributed by atoms with Crippen molar-refractivity contribution in [2.45, 2.75) is 6.92 Å². The molecular weight excluding hydrogens is 378 g/mol. The summed E-state index contributed by atoms with van der Waals surface area (Å²) in [6.07, 6.45) is 1.69. The monoisotopic (exact) mass is 389 g/mol. The van der Waals surface area contributed by atoms with Gasteiger partial charge in [-0.2, -0.15) is 0 Å². The lowest BCUT2D eigenvalue weighted by Gasteiger charge is -2.15. The Bertz CT molecular complexity index is 940. The minimum Gasteiger partial charge on any atom is -0.478 e. The number of thioether (sulfide) groups is 1. The van der Waals surface area contributed by atoms with Crippen LogP contribution in [0.4, 0.5) is 5.69 Å². The summed E-state index contributed by atoms with van der Waals surface area (Å²) in [6.45, 7) is 1.70. The van der Waals surface area contributed by atoms with E-state index in [1.807, 2.05) is 18.2 Å². The Kier molecular flexibility index (Phi) is 4.94. The second-order valence-electron chi connectivity index (χ2n) is 5.34. The number of carboxylic acids is 1. The smallest absolute Gasteiger partial charge is 0.336 e. The summed E-state index contributed by atoms with van der Waals surface area (Å²) in [5.74, 6) is -1.34. The molecule has 0 unspecified atom stereocenters. The number of carbonyl (C=O) groups excluding carboxylic acids is 1. The Morgan fingerprint density at radius 3 is 2.68 bits per heavy atom. The van der Waals surface area contributed by atoms with Gasteiger partial charge in [-0.05, 0) is 42.3 Å². The predicted molar refractivity (Wildman–Crippen MR) is 105 cm³/mol. The van der Waals surface area contributed by atoms with Crippen LogP contribution < -0.4 is 4.90 Å². The lowest BCUT2D eigenvalue weighted by Crippen LogP contribution is -2.27. The number of halogens is 1. The van der Waals surface area contributed by atoms with Crippen LogP contribution in [0, 0.1) is 6.92 Å². The van der Waals surface area contributed by atoms with E-state index in [0.717, 1.165) is 17.3 Å². The number of anilines is 1. The van der Waals surface area contributed by atoms with Gasteiger partial charge in [0.25, 0.3) is 5.91 Å². The molecule has 1 heterocycles. The molecule has 0 aromatic heterocycles. The van der Waals surface area contributed by atoms with E-state index >= 15 is 0 Å². The normalized spacial score (nSPS) is 15.9. The van der Waals surface area contributed by atoms with Crippen LogP contribution in [-0.2, 0) is 4.79 Å². The number of benzene rings is 2. The van der Waals surface area contributed by atoms with E-state index in [-0.39, 0.29) is 11.5 Å². The topological polar surface area (TPSA) is 57.6 Å². The number of nitrogens with zero attached hydrogens (tertiary/aromatic N) is 1. The van der Waals surface area contributed by atoms with Crippen LogP contribution in [0.25, 0.3) is 6.08 Å². The summed E-state index contributed by atoms with van der Waals surface area (Å²) in [5, 5.41) is 9.81. The molecule has 0 saturated carbocycles. The first kappa shape index (κ1) is 17.7. The zero-order valence-electron chi connectivity index (χ0n) is 13.0. The molecule has 2 aromatic carbocycles. The van der Waals surface area contributed by atoms with E-state index in [0.29, 0.717) is 25.5 Å². The van der Waals surface area contributed by atoms with Crippen LogP contribution in [0.2, 0.25) is 5.02 Å². The first-order valence-corrected chi connectivity index (χ1v) is 8.85. The predicted octanol–water partition coefficient (Wildman–Crippen LogP) is 4.75. The van der Waals surface area contributed by atoms with Gasteiger partial charge in [-0.25, -0.2) is 4.79 Å². The fraction of sp³-hybridized carbons (Fsp3) is 0.0556. The second kappa shape index (κ2) is 7.00. The molecule has 0 spiro atoms. The molecule has 7 heteroatoms. The van der Waals surface area contributed by atoms with Gasteiger partial charge >= 0.3 is 5.97 Å². The molecule has 2 aromatic rings. The molecule has 0 aliphatic carbocycles. The van der Waals surface area contributed by atoms with Crippen LogP contribution >= 0.6 is 35.6 Å². The van der Waals surface area contributed by atoms with Crippen molar-refractivity contribution in [3.8, 4) is 0 Å². The van der Waals surface area contributed by atoms with E-state index in [9.17, 15) is 14.7 Å². The average molecular weight is 390 g/mol. The third-order valence-corrected chi connectivity index (χ3v) is 5.34. The van der Waals surface area contributed by atoms with Gasteiger partial charge in [0.2, 0.25) is 0 Å². The highest BCUT2D eigenvalue weighted by atomic mass is 35.5. The molecule has 0 radical (unpaired) electrons. The number of amides is 1.